The summed E-state index contributed by atoms with van der Waals surface area (Å²) >= 11 is 1.58. The zero-order valence-electron chi connectivity index (χ0n) is 13.3. The molecule has 0 saturated heterocycles. The largest absolute Gasteiger partial charge is 0.394 e. The van der Waals surface area contributed by atoms with Gasteiger partial charge in [0.15, 0.2) is 0 Å². The molecule has 1 atom stereocenters. The average molecular weight is 331 g/mol. The highest BCUT2D eigenvalue weighted by molar-refractivity contribution is 7.13. The van der Waals surface area contributed by atoms with Crippen molar-refractivity contribution in [3.63, 3.8) is 0 Å². The highest BCUT2D eigenvalue weighted by atomic mass is 32.1. The molecule has 1 saturated carbocycles. The maximum Gasteiger partial charge on any atom is 0.319 e. The van der Waals surface area contributed by atoms with Gasteiger partial charge in [-0.1, -0.05) is 12.1 Å². The quantitative estimate of drug-likeness (QED) is 0.786. The summed E-state index contributed by atoms with van der Waals surface area (Å²) in [7, 11) is 0. The number of hydrogen-bond donors (Lipinski definition) is 3. The van der Waals surface area contributed by atoms with Crippen LogP contribution < -0.4 is 10.6 Å². The Hall–Kier alpha value is -1.92. The molecular formula is C17H21N3O2S. The number of aliphatic hydroxyl groups is 1. The van der Waals surface area contributed by atoms with Crippen LogP contribution in [0.1, 0.15) is 25.5 Å². The van der Waals surface area contributed by atoms with Gasteiger partial charge < -0.3 is 15.7 Å². The van der Waals surface area contributed by atoms with Crippen molar-refractivity contribution in [2.24, 2.45) is 5.92 Å². The van der Waals surface area contributed by atoms with E-state index in [1.54, 1.807) is 11.3 Å². The van der Waals surface area contributed by atoms with Gasteiger partial charge in [0.05, 0.1) is 12.1 Å². The topological polar surface area (TPSA) is 74.2 Å². The Morgan fingerprint density at radius 1 is 1.48 bits per heavy atom. The van der Waals surface area contributed by atoms with E-state index in [9.17, 15) is 9.90 Å². The van der Waals surface area contributed by atoms with E-state index >= 15 is 0 Å². The number of carbonyl (C=O) groups excluding carboxylic acids is 1. The molecule has 1 aliphatic carbocycles. The number of aromatic nitrogens is 1. The van der Waals surface area contributed by atoms with Crippen molar-refractivity contribution in [3.8, 4) is 10.6 Å². The molecule has 1 fully saturated rings. The normalized spacial score (nSPS) is 16.7. The molecule has 122 valence electrons. The standard InChI is InChI=1S/C17H21N3O2S/c1-11-9-23-15(18-11)12-4-3-5-14(8-12)19-16(22)20-17(2,10-21)13-6-7-13/h3-5,8-9,13,21H,6-7,10H2,1-2H3,(H2,19,20,22). The Bertz CT molecular complexity index is 711. The minimum absolute atomic E-state index is 0.0521. The van der Waals surface area contributed by atoms with E-state index in [4.69, 9.17) is 0 Å². The van der Waals surface area contributed by atoms with Gasteiger partial charge in [0, 0.05) is 22.3 Å². The number of aryl methyl sites for hydroxylation is 1. The molecule has 1 aromatic heterocycles. The second kappa shape index (κ2) is 6.29. The van der Waals surface area contributed by atoms with Gasteiger partial charge in [0.1, 0.15) is 5.01 Å². The molecule has 0 bridgehead atoms. The van der Waals surface area contributed by atoms with Crippen LogP contribution in [0.4, 0.5) is 10.5 Å². The maximum absolute atomic E-state index is 12.2. The second-order valence-corrected chi connectivity index (χ2v) is 7.16. The molecule has 6 heteroatoms. The van der Waals surface area contributed by atoms with Gasteiger partial charge in [0.2, 0.25) is 0 Å². The fourth-order valence-corrected chi connectivity index (χ4v) is 3.42. The molecule has 3 N–H and O–H groups in total. The first-order chi connectivity index (χ1) is 11.0. The minimum atomic E-state index is -0.548. The van der Waals surface area contributed by atoms with Crippen LogP contribution in [-0.2, 0) is 0 Å². The summed E-state index contributed by atoms with van der Waals surface area (Å²) in [6.07, 6.45) is 2.10. The number of rotatable bonds is 5. The number of anilines is 1. The predicted octanol–water partition coefficient (Wildman–Crippen LogP) is 3.40. The number of benzene rings is 1. The summed E-state index contributed by atoms with van der Waals surface area (Å²) in [5, 5.41) is 18.2. The van der Waals surface area contributed by atoms with Gasteiger partial charge in [-0.2, -0.15) is 0 Å². The van der Waals surface area contributed by atoms with Crippen molar-refractivity contribution in [3.05, 3.63) is 35.3 Å². The summed E-state index contributed by atoms with van der Waals surface area (Å²) in [5.41, 5.74) is 2.13. The third kappa shape index (κ3) is 3.71. The van der Waals surface area contributed by atoms with Gasteiger partial charge >= 0.3 is 6.03 Å². The molecule has 23 heavy (non-hydrogen) atoms. The molecule has 1 heterocycles. The van der Waals surface area contributed by atoms with E-state index in [0.717, 1.165) is 29.1 Å². The fourth-order valence-electron chi connectivity index (χ4n) is 2.63. The van der Waals surface area contributed by atoms with Gasteiger partial charge in [-0.05, 0) is 44.7 Å². The Kier molecular flexibility index (Phi) is 4.37. The average Bonchev–Trinajstić information content (AvgIpc) is 3.30. The SMILES string of the molecule is Cc1csc(-c2cccc(NC(=O)NC(C)(CO)C3CC3)c2)n1. The monoisotopic (exact) mass is 331 g/mol. The van der Waals surface area contributed by atoms with Gasteiger partial charge in [-0.25, -0.2) is 9.78 Å². The van der Waals surface area contributed by atoms with E-state index in [1.165, 1.54) is 0 Å². The van der Waals surface area contributed by atoms with Gasteiger partial charge in [-0.3, -0.25) is 0 Å². The first-order valence-corrected chi connectivity index (χ1v) is 8.61. The third-order valence-corrected chi connectivity index (χ3v) is 5.20. The van der Waals surface area contributed by atoms with Crippen LogP contribution in [0.3, 0.4) is 0 Å². The van der Waals surface area contributed by atoms with Crippen molar-refractivity contribution >= 4 is 23.1 Å². The third-order valence-electron chi connectivity index (χ3n) is 4.19. The lowest BCUT2D eigenvalue weighted by atomic mass is 9.97. The lowest BCUT2D eigenvalue weighted by Crippen LogP contribution is -2.52. The van der Waals surface area contributed by atoms with Crippen LogP contribution in [0.5, 0.6) is 0 Å². The number of amides is 2. The minimum Gasteiger partial charge on any atom is -0.394 e. The molecular weight excluding hydrogens is 310 g/mol. The Morgan fingerprint density at radius 3 is 2.87 bits per heavy atom. The summed E-state index contributed by atoms with van der Waals surface area (Å²) in [6, 6.07) is 7.33. The van der Waals surface area contributed by atoms with Crippen molar-refractivity contribution in [1.29, 1.82) is 0 Å². The lowest BCUT2D eigenvalue weighted by Gasteiger charge is -2.28. The van der Waals surface area contributed by atoms with Crippen LogP contribution in [0, 0.1) is 12.8 Å². The summed E-state index contributed by atoms with van der Waals surface area (Å²) < 4.78 is 0. The number of nitrogens with one attached hydrogen (secondary N) is 2. The fraction of sp³-hybridized carbons (Fsp3) is 0.412. The molecule has 2 amide bonds. The number of hydrogen-bond acceptors (Lipinski definition) is 4. The van der Waals surface area contributed by atoms with E-state index in [2.05, 4.69) is 15.6 Å². The second-order valence-electron chi connectivity index (χ2n) is 6.30. The van der Waals surface area contributed by atoms with E-state index in [-0.39, 0.29) is 12.6 Å². The predicted molar refractivity (Wildman–Crippen MR) is 92.7 cm³/mol. The summed E-state index contributed by atoms with van der Waals surface area (Å²) in [4.78, 5) is 16.7. The van der Waals surface area contributed by atoms with Crippen LogP contribution >= 0.6 is 11.3 Å². The number of urea groups is 1. The smallest absolute Gasteiger partial charge is 0.319 e. The van der Waals surface area contributed by atoms with Crippen molar-refractivity contribution < 1.29 is 9.90 Å². The Morgan fingerprint density at radius 2 is 2.26 bits per heavy atom. The molecule has 3 rings (SSSR count). The number of carbonyl (C=O) groups is 1. The Labute approximate surface area is 139 Å². The molecule has 1 aliphatic rings. The van der Waals surface area contributed by atoms with Crippen LogP contribution in [0.25, 0.3) is 10.6 Å². The van der Waals surface area contributed by atoms with Crippen LogP contribution in [0.2, 0.25) is 0 Å². The van der Waals surface area contributed by atoms with E-state index in [1.807, 2.05) is 43.5 Å². The van der Waals surface area contributed by atoms with E-state index in [0.29, 0.717) is 11.6 Å². The zero-order chi connectivity index (χ0) is 16.4. The maximum atomic E-state index is 12.2. The van der Waals surface area contributed by atoms with Crippen molar-refractivity contribution in [2.45, 2.75) is 32.2 Å². The molecule has 0 aliphatic heterocycles. The van der Waals surface area contributed by atoms with Crippen LogP contribution in [0.15, 0.2) is 29.6 Å². The van der Waals surface area contributed by atoms with Crippen molar-refractivity contribution in [2.75, 3.05) is 11.9 Å². The first-order valence-electron chi connectivity index (χ1n) is 7.73. The number of aliphatic hydroxyl groups excluding tert-OH is 1. The Balaban J connectivity index is 1.69. The zero-order valence-corrected chi connectivity index (χ0v) is 14.1. The van der Waals surface area contributed by atoms with Crippen molar-refractivity contribution in [1.82, 2.24) is 10.3 Å². The first kappa shape index (κ1) is 16.0. The summed E-state index contributed by atoms with van der Waals surface area (Å²) in [5.74, 6) is 0.364. The highest BCUT2D eigenvalue weighted by Gasteiger charge is 2.42. The van der Waals surface area contributed by atoms with Gasteiger partial charge in [0.25, 0.3) is 0 Å². The highest BCUT2D eigenvalue weighted by Crippen LogP contribution is 2.39. The molecule has 0 spiro atoms. The van der Waals surface area contributed by atoms with Crippen LogP contribution in [-0.4, -0.2) is 28.3 Å². The molecule has 0 radical (unpaired) electrons. The molecule has 5 nitrogen and oxygen atoms in total. The molecule has 2 aromatic rings. The lowest BCUT2D eigenvalue weighted by molar-refractivity contribution is 0.159. The molecule has 1 unspecified atom stereocenters. The summed E-state index contributed by atoms with van der Waals surface area (Å²) in [6.45, 7) is 3.80. The van der Waals surface area contributed by atoms with Gasteiger partial charge in [-0.15, -0.1) is 11.3 Å². The number of thiazole rings is 1. The van der Waals surface area contributed by atoms with E-state index < -0.39 is 5.54 Å². The molecule has 1 aromatic carbocycles. The number of nitrogens with zero attached hydrogens (tertiary/aromatic N) is 1.